The van der Waals surface area contributed by atoms with Crippen LogP contribution in [0.15, 0.2) is 0 Å². The molecule has 1 saturated heterocycles. The van der Waals surface area contributed by atoms with Gasteiger partial charge in [0.1, 0.15) is 0 Å². The van der Waals surface area contributed by atoms with Gasteiger partial charge in [-0.3, -0.25) is 9.48 Å². The van der Waals surface area contributed by atoms with Crippen molar-refractivity contribution in [3.8, 4) is 0 Å². The standard InChI is InChI=1S/C17H28N4O/c1-18-17(22)16-14-12-13(8-9-15(14)20(2)19-16)21-10-6-4-3-5-7-11-21/h13H,3-12H2,1-2H3,(H,18,22). The number of amides is 1. The van der Waals surface area contributed by atoms with Crippen molar-refractivity contribution in [2.45, 2.75) is 57.4 Å². The first-order valence-corrected chi connectivity index (χ1v) is 8.71. The summed E-state index contributed by atoms with van der Waals surface area (Å²) in [6, 6.07) is 0.582. The van der Waals surface area contributed by atoms with E-state index in [1.54, 1.807) is 7.05 Å². The van der Waals surface area contributed by atoms with Gasteiger partial charge in [0.25, 0.3) is 5.91 Å². The second kappa shape index (κ2) is 6.82. The third-order valence-electron chi connectivity index (χ3n) is 5.28. The number of nitrogens with one attached hydrogen (secondary N) is 1. The molecule has 1 amide bonds. The molecule has 1 fully saturated rings. The molecular formula is C17H28N4O. The van der Waals surface area contributed by atoms with Gasteiger partial charge in [0, 0.05) is 31.4 Å². The van der Waals surface area contributed by atoms with E-state index in [4.69, 9.17) is 0 Å². The Morgan fingerprint density at radius 3 is 2.55 bits per heavy atom. The topological polar surface area (TPSA) is 50.2 Å². The number of aryl methyl sites for hydroxylation is 1. The molecule has 0 spiro atoms. The molecule has 1 aliphatic carbocycles. The number of nitrogens with zero attached hydrogens (tertiary/aromatic N) is 3. The van der Waals surface area contributed by atoms with Crippen molar-refractivity contribution in [2.75, 3.05) is 20.1 Å². The SMILES string of the molecule is CNC(=O)c1nn(C)c2c1CC(N1CCCCCCC1)CC2. The minimum atomic E-state index is -0.0508. The molecule has 5 heteroatoms. The maximum Gasteiger partial charge on any atom is 0.271 e. The lowest BCUT2D eigenvalue weighted by atomic mass is 9.89. The zero-order valence-corrected chi connectivity index (χ0v) is 13.9. The Labute approximate surface area is 133 Å². The molecule has 2 aliphatic rings. The van der Waals surface area contributed by atoms with Crippen LogP contribution in [-0.4, -0.2) is 46.8 Å². The number of carbonyl (C=O) groups excluding carboxylic acids is 1. The van der Waals surface area contributed by atoms with Crippen LogP contribution >= 0.6 is 0 Å². The van der Waals surface area contributed by atoms with Crippen LogP contribution in [0.25, 0.3) is 0 Å². The summed E-state index contributed by atoms with van der Waals surface area (Å²) in [5.74, 6) is -0.0508. The Kier molecular flexibility index (Phi) is 4.81. The van der Waals surface area contributed by atoms with Crippen LogP contribution in [0.2, 0.25) is 0 Å². The van der Waals surface area contributed by atoms with E-state index in [9.17, 15) is 4.79 Å². The summed E-state index contributed by atoms with van der Waals surface area (Å²) in [6.45, 7) is 2.44. The van der Waals surface area contributed by atoms with E-state index in [0.717, 1.165) is 12.8 Å². The number of rotatable bonds is 2. The molecule has 2 heterocycles. The van der Waals surface area contributed by atoms with Gasteiger partial charge >= 0.3 is 0 Å². The fourth-order valence-corrected chi connectivity index (χ4v) is 4.02. The van der Waals surface area contributed by atoms with Crippen molar-refractivity contribution in [3.63, 3.8) is 0 Å². The highest BCUT2D eigenvalue weighted by Gasteiger charge is 2.30. The first-order chi connectivity index (χ1) is 10.7. The molecule has 1 aromatic rings. The molecule has 0 bridgehead atoms. The molecule has 1 atom stereocenters. The summed E-state index contributed by atoms with van der Waals surface area (Å²) in [6.07, 6.45) is 9.97. The van der Waals surface area contributed by atoms with Crippen LogP contribution in [0.1, 0.15) is 60.3 Å². The lowest BCUT2D eigenvalue weighted by Crippen LogP contribution is -2.41. The Hall–Kier alpha value is -1.36. The minimum absolute atomic E-state index is 0.0508. The molecule has 1 N–H and O–H groups in total. The summed E-state index contributed by atoms with van der Waals surface area (Å²) in [5, 5.41) is 7.19. The molecule has 1 aromatic heterocycles. The fraction of sp³-hybridized carbons (Fsp3) is 0.765. The van der Waals surface area contributed by atoms with Gasteiger partial charge in [0.2, 0.25) is 0 Å². The summed E-state index contributed by atoms with van der Waals surface area (Å²) < 4.78 is 1.91. The zero-order valence-electron chi connectivity index (χ0n) is 13.9. The second-order valence-corrected chi connectivity index (χ2v) is 6.68. The maximum atomic E-state index is 12.1. The predicted octanol–water partition coefficient (Wildman–Crippen LogP) is 1.90. The van der Waals surface area contributed by atoms with Crippen LogP contribution in [0.3, 0.4) is 0 Å². The van der Waals surface area contributed by atoms with Gasteiger partial charge < -0.3 is 10.2 Å². The molecule has 1 aliphatic heterocycles. The third kappa shape index (κ3) is 3.05. The van der Waals surface area contributed by atoms with Gasteiger partial charge in [-0.1, -0.05) is 19.3 Å². The van der Waals surface area contributed by atoms with Crippen LogP contribution in [0, 0.1) is 0 Å². The largest absolute Gasteiger partial charge is 0.354 e. The Morgan fingerprint density at radius 1 is 1.18 bits per heavy atom. The Bertz CT molecular complexity index is 529. The Morgan fingerprint density at radius 2 is 1.86 bits per heavy atom. The van der Waals surface area contributed by atoms with Gasteiger partial charge in [-0.2, -0.15) is 5.10 Å². The second-order valence-electron chi connectivity index (χ2n) is 6.68. The number of aromatic nitrogens is 2. The van der Waals surface area contributed by atoms with E-state index in [0.29, 0.717) is 11.7 Å². The van der Waals surface area contributed by atoms with E-state index in [2.05, 4.69) is 15.3 Å². The summed E-state index contributed by atoms with van der Waals surface area (Å²) in [5.41, 5.74) is 3.07. The monoisotopic (exact) mass is 304 g/mol. The van der Waals surface area contributed by atoms with Crippen molar-refractivity contribution >= 4 is 5.91 Å². The molecule has 1 unspecified atom stereocenters. The molecule has 0 saturated carbocycles. The van der Waals surface area contributed by atoms with Gasteiger partial charge in [0.15, 0.2) is 5.69 Å². The van der Waals surface area contributed by atoms with E-state index < -0.39 is 0 Å². The van der Waals surface area contributed by atoms with Crippen LogP contribution < -0.4 is 5.32 Å². The van der Waals surface area contributed by atoms with E-state index in [-0.39, 0.29) is 5.91 Å². The number of likely N-dealkylation sites (tertiary alicyclic amines) is 1. The van der Waals surface area contributed by atoms with Crippen LogP contribution in [0.4, 0.5) is 0 Å². The average molecular weight is 304 g/mol. The molecule has 5 nitrogen and oxygen atoms in total. The van der Waals surface area contributed by atoms with E-state index in [1.165, 1.54) is 62.9 Å². The van der Waals surface area contributed by atoms with Gasteiger partial charge in [-0.05, 0) is 45.2 Å². The first-order valence-electron chi connectivity index (χ1n) is 8.71. The minimum Gasteiger partial charge on any atom is -0.354 e. The number of fused-ring (bicyclic) bond motifs is 1. The van der Waals surface area contributed by atoms with Crippen LogP contribution in [0.5, 0.6) is 0 Å². The Balaban J connectivity index is 1.78. The highest BCUT2D eigenvalue weighted by molar-refractivity contribution is 5.93. The van der Waals surface area contributed by atoms with Crippen molar-refractivity contribution < 1.29 is 4.79 Å². The smallest absolute Gasteiger partial charge is 0.271 e. The normalized spacial score (nSPS) is 23.5. The highest BCUT2D eigenvalue weighted by atomic mass is 16.1. The zero-order chi connectivity index (χ0) is 15.5. The highest BCUT2D eigenvalue weighted by Crippen LogP contribution is 2.28. The van der Waals surface area contributed by atoms with E-state index >= 15 is 0 Å². The molecule has 122 valence electrons. The van der Waals surface area contributed by atoms with Crippen molar-refractivity contribution in [1.29, 1.82) is 0 Å². The lowest BCUT2D eigenvalue weighted by Gasteiger charge is -2.35. The summed E-state index contributed by atoms with van der Waals surface area (Å²) >= 11 is 0. The van der Waals surface area contributed by atoms with Crippen LogP contribution in [-0.2, 0) is 19.9 Å². The quantitative estimate of drug-likeness (QED) is 0.908. The average Bonchev–Trinajstić information content (AvgIpc) is 2.83. The fourth-order valence-electron chi connectivity index (χ4n) is 4.02. The number of hydrogen-bond donors (Lipinski definition) is 1. The molecule has 0 radical (unpaired) electrons. The lowest BCUT2D eigenvalue weighted by molar-refractivity contribution is 0.0955. The van der Waals surface area contributed by atoms with E-state index in [1.807, 2.05) is 11.7 Å². The molecular weight excluding hydrogens is 276 g/mol. The summed E-state index contributed by atoms with van der Waals surface area (Å²) in [4.78, 5) is 14.8. The molecule has 3 rings (SSSR count). The predicted molar refractivity (Wildman–Crippen MR) is 87.1 cm³/mol. The molecule has 0 aromatic carbocycles. The summed E-state index contributed by atoms with van der Waals surface area (Å²) in [7, 11) is 3.64. The maximum absolute atomic E-state index is 12.1. The number of hydrogen-bond acceptors (Lipinski definition) is 3. The third-order valence-corrected chi connectivity index (χ3v) is 5.28. The van der Waals surface area contributed by atoms with Crippen molar-refractivity contribution in [1.82, 2.24) is 20.0 Å². The van der Waals surface area contributed by atoms with Gasteiger partial charge in [-0.25, -0.2) is 0 Å². The van der Waals surface area contributed by atoms with Crippen molar-refractivity contribution in [3.05, 3.63) is 17.0 Å². The van der Waals surface area contributed by atoms with Crippen molar-refractivity contribution in [2.24, 2.45) is 7.05 Å². The van der Waals surface area contributed by atoms with Gasteiger partial charge in [0.05, 0.1) is 0 Å². The van der Waals surface area contributed by atoms with Gasteiger partial charge in [-0.15, -0.1) is 0 Å². The molecule has 22 heavy (non-hydrogen) atoms. The first kappa shape index (κ1) is 15.5. The number of carbonyl (C=O) groups is 1.